The van der Waals surface area contributed by atoms with E-state index in [1.807, 2.05) is 12.1 Å². The van der Waals surface area contributed by atoms with E-state index in [0.717, 1.165) is 5.56 Å². The molecule has 6 heteroatoms. The summed E-state index contributed by atoms with van der Waals surface area (Å²) < 4.78 is 1.67. The first-order valence-electron chi connectivity index (χ1n) is 6.63. The molecule has 0 aliphatic carbocycles. The molecule has 1 amide bonds. The Bertz CT molecular complexity index is 883. The summed E-state index contributed by atoms with van der Waals surface area (Å²) in [7, 11) is 0. The highest BCUT2D eigenvalue weighted by Crippen LogP contribution is 2.18. The van der Waals surface area contributed by atoms with Gasteiger partial charge in [0, 0.05) is 11.9 Å². The van der Waals surface area contributed by atoms with Crippen molar-refractivity contribution in [3.05, 3.63) is 65.6 Å². The van der Waals surface area contributed by atoms with Gasteiger partial charge in [-0.25, -0.2) is 9.78 Å². The predicted octanol–water partition coefficient (Wildman–Crippen LogP) is 2.59. The number of nitrogens with one attached hydrogen (secondary N) is 1. The van der Waals surface area contributed by atoms with Crippen LogP contribution in [0.4, 0.5) is 5.69 Å². The lowest BCUT2D eigenvalue weighted by atomic mass is 10.1. The van der Waals surface area contributed by atoms with E-state index < -0.39 is 5.97 Å². The molecule has 0 spiro atoms. The Morgan fingerprint density at radius 2 is 2.05 bits per heavy atom. The number of imidazole rings is 1. The molecule has 0 atom stereocenters. The molecule has 0 bridgehead atoms. The van der Waals surface area contributed by atoms with E-state index >= 15 is 0 Å². The normalized spacial score (nSPS) is 10.6. The fourth-order valence-corrected chi connectivity index (χ4v) is 2.18. The SMILES string of the molecule is Cc1ccc(C(=O)O)cc1NC(=O)c1cnc2ccccn12. The zero-order valence-electron chi connectivity index (χ0n) is 11.8. The number of aromatic carboxylic acids is 1. The number of rotatable bonds is 3. The van der Waals surface area contributed by atoms with E-state index in [1.165, 1.54) is 18.3 Å². The third-order valence-corrected chi connectivity index (χ3v) is 3.38. The van der Waals surface area contributed by atoms with E-state index in [-0.39, 0.29) is 11.5 Å². The number of carboxylic acid groups (broad SMARTS) is 1. The Morgan fingerprint density at radius 1 is 1.23 bits per heavy atom. The zero-order valence-corrected chi connectivity index (χ0v) is 11.8. The number of benzene rings is 1. The van der Waals surface area contributed by atoms with Crippen molar-refractivity contribution in [2.24, 2.45) is 0 Å². The molecule has 0 saturated heterocycles. The first kappa shape index (κ1) is 13.8. The molecule has 0 radical (unpaired) electrons. The number of aromatic nitrogens is 2. The average Bonchev–Trinajstić information content (AvgIpc) is 2.93. The van der Waals surface area contributed by atoms with Crippen LogP contribution >= 0.6 is 0 Å². The van der Waals surface area contributed by atoms with Crippen molar-refractivity contribution in [2.75, 3.05) is 5.32 Å². The molecule has 0 saturated carbocycles. The van der Waals surface area contributed by atoms with Gasteiger partial charge in [0.15, 0.2) is 0 Å². The molecule has 0 unspecified atom stereocenters. The maximum absolute atomic E-state index is 12.4. The quantitative estimate of drug-likeness (QED) is 0.778. The van der Waals surface area contributed by atoms with Crippen LogP contribution in [0.5, 0.6) is 0 Å². The summed E-state index contributed by atoms with van der Waals surface area (Å²) in [5.41, 5.74) is 2.43. The molecule has 3 rings (SSSR count). The van der Waals surface area contributed by atoms with Crippen LogP contribution < -0.4 is 5.32 Å². The Morgan fingerprint density at radius 3 is 2.82 bits per heavy atom. The van der Waals surface area contributed by atoms with E-state index in [2.05, 4.69) is 10.3 Å². The van der Waals surface area contributed by atoms with Crippen LogP contribution in [-0.2, 0) is 0 Å². The lowest BCUT2D eigenvalue weighted by Crippen LogP contribution is -2.15. The van der Waals surface area contributed by atoms with Gasteiger partial charge in [0.2, 0.25) is 0 Å². The van der Waals surface area contributed by atoms with Gasteiger partial charge in [0.25, 0.3) is 5.91 Å². The highest BCUT2D eigenvalue weighted by molar-refractivity contribution is 6.04. The Kier molecular flexibility index (Phi) is 3.34. The molecule has 2 N–H and O–H groups in total. The van der Waals surface area contributed by atoms with Gasteiger partial charge in [-0.05, 0) is 36.8 Å². The van der Waals surface area contributed by atoms with Gasteiger partial charge in [-0.2, -0.15) is 0 Å². The molecule has 3 aromatic rings. The van der Waals surface area contributed by atoms with E-state index in [9.17, 15) is 9.59 Å². The second kappa shape index (κ2) is 5.33. The van der Waals surface area contributed by atoms with E-state index in [4.69, 9.17) is 5.11 Å². The lowest BCUT2D eigenvalue weighted by Gasteiger charge is -2.09. The molecule has 1 aromatic carbocycles. The third kappa shape index (κ3) is 2.42. The number of carbonyl (C=O) groups excluding carboxylic acids is 1. The summed E-state index contributed by atoms with van der Waals surface area (Å²) in [6.07, 6.45) is 3.23. The molecule has 6 nitrogen and oxygen atoms in total. The Labute approximate surface area is 126 Å². The van der Waals surface area contributed by atoms with Gasteiger partial charge in [-0.3, -0.25) is 9.20 Å². The summed E-state index contributed by atoms with van der Waals surface area (Å²) in [6.45, 7) is 1.80. The molecular weight excluding hydrogens is 282 g/mol. The fraction of sp³-hybridized carbons (Fsp3) is 0.0625. The number of pyridine rings is 1. The highest BCUT2D eigenvalue weighted by atomic mass is 16.4. The van der Waals surface area contributed by atoms with Crippen LogP contribution in [-0.4, -0.2) is 26.4 Å². The van der Waals surface area contributed by atoms with E-state index in [0.29, 0.717) is 17.0 Å². The number of carbonyl (C=O) groups is 2. The summed E-state index contributed by atoms with van der Waals surface area (Å²) >= 11 is 0. The summed E-state index contributed by atoms with van der Waals surface area (Å²) in [5, 5.41) is 11.8. The minimum atomic E-state index is -1.04. The van der Waals surface area contributed by atoms with Crippen molar-refractivity contribution in [1.29, 1.82) is 0 Å². The number of anilines is 1. The second-order valence-electron chi connectivity index (χ2n) is 4.86. The number of hydrogen-bond acceptors (Lipinski definition) is 3. The summed E-state index contributed by atoms with van der Waals surface area (Å²) in [5.74, 6) is -1.38. The predicted molar refractivity (Wildman–Crippen MR) is 81.3 cm³/mol. The highest BCUT2D eigenvalue weighted by Gasteiger charge is 2.14. The summed E-state index contributed by atoms with van der Waals surface area (Å²) in [6, 6.07) is 10.0. The number of fused-ring (bicyclic) bond motifs is 1. The van der Waals surface area contributed by atoms with Crippen LogP contribution in [0.25, 0.3) is 5.65 Å². The molecule has 110 valence electrons. The zero-order chi connectivity index (χ0) is 15.7. The third-order valence-electron chi connectivity index (χ3n) is 3.38. The smallest absolute Gasteiger partial charge is 0.335 e. The van der Waals surface area contributed by atoms with Gasteiger partial charge in [-0.15, -0.1) is 0 Å². The average molecular weight is 295 g/mol. The topological polar surface area (TPSA) is 83.7 Å². The number of aryl methyl sites for hydroxylation is 1. The fourth-order valence-electron chi connectivity index (χ4n) is 2.18. The number of carboxylic acids is 1. The second-order valence-corrected chi connectivity index (χ2v) is 4.86. The van der Waals surface area contributed by atoms with Crippen LogP contribution in [0.1, 0.15) is 26.4 Å². The summed E-state index contributed by atoms with van der Waals surface area (Å²) in [4.78, 5) is 27.6. The minimum absolute atomic E-state index is 0.124. The maximum Gasteiger partial charge on any atom is 0.335 e. The molecule has 0 aliphatic heterocycles. The largest absolute Gasteiger partial charge is 0.478 e. The first-order valence-corrected chi connectivity index (χ1v) is 6.63. The van der Waals surface area contributed by atoms with Crippen LogP contribution in [0.15, 0.2) is 48.8 Å². The number of nitrogens with zero attached hydrogens (tertiary/aromatic N) is 2. The number of hydrogen-bond donors (Lipinski definition) is 2. The Balaban J connectivity index is 1.94. The molecule has 0 aliphatic rings. The molecule has 2 heterocycles. The van der Waals surface area contributed by atoms with Gasteiger partial charge >= 0.3 is 5.97 Å². The molecule has 0 fully saturated rings. The molecule has 2 aromatic heterocycles. The monoisotopic (exact) mass is 295 g/mol. The lowest BCUT2D eigenvalue weighted by molar-refractivity contribution is 0.0696. The van der Waals surface area contributed by atoms with E-state index in [1.54, 1.807) is 29.7 Å². The van der Waals surface area contributed by atoms with Gasteiger partial charge in [0.05, 0.1) is 11.8 Å². The van der Waals surface area contributed by atoms with Gasteiger partial charge in [-0.1, -0.05) is 12.1 Å². The van der Waals surface area contributed by atoms with Crippen LogP contribution in [0, 0.1) is 6.92 Å². The van der Waals surface area contributed by atoms with Crippen molar-refractivity contribution in [3.8, 4) is 0 Å². The standard InChI is InChI=1S/C16H13N3O3/c1-10-5-6-11(16(21)22)8-12(10)18-15(20)13-9-17-14-4-2-3-7-19(13)14/h2-9H,1H3,(H,18,20)(H,21,22). The van der Waals surface area contributed by atoms with Gasteiger partial charge < -0.3 is 10.4 Å². The molecule has 22 heavy (non-hydrogen) atoms. The van der Waals surface area contributed by atoms with Crippen molar-refractivity contribution in [2.45, 2.75) is 6.92 Å². The van der Waals surface area contributed by atoms with Crippen molar-refractivity contribution in [3.63, 3.8) is 0 Å². The maximum atomic E-state index is 12.4. The van der Waals surface area contributed by atoms with Gasteiger partial charge in [0.1, 0.15) is 11.3 Å². The Hall–Kier alpha value is -3.15. The van der Waals surface area contributed by atoms with Crippen LogP contribution in [0.2, 0.25) is 0 Å². The van der Waals surface area contributed by atoms with Crippen molar-refractivity contribution < 1.29 is 14.7 Å². The van der Waals surface area contributed by atoms with Crippen LogP contribution in [0.3, 0.4) is 0 Å². The van der Waals surface area contributed by atoms with Crippen molar-refractivity contribution in [1.82, 2.24) is 9.38 Å². The molecular formula is C16H13N3O3. The first-order chi connectivity index (χ1) is 10.6. The van der Waals surface area contributed by atoms with Crippen molar-refractivity contribution >= 4 is 23.2 Å². The number of amides is 1. The minimum Gasteiger partial charge on any atom is -0.478 e.